The topological polar surface area (TPSA) is 109 Å². The van der Waals surface area contributed by atoms with Crippen LogP contribution < -0.4 is 20.7 Å². The Hall–Kier alpha value is -3.66. The van der Waals surface area contributed by atoms with Crippen molar-refractivity contribution in [3.8, 4) is 5.75 Å². The van der Waals surface area contributed by atoms with E-state index in [1.807, 2.05) is 13.8 Å². The van der Waals surface area contributed by atoms with Gasteiger partial charge in [0, 0.05) is 18.8 Å². The molecule has 4 amide bonds. The number of carbonyl (C=O) groups excluding carboxylic acids is 3. The van der Waals surface area contributed by atoms with Gasteiger partial charge in [0.2, 0.25) is 5.91 Å². The number of carbonyl (C=O) groups is 3. The fourth-order valence-corrected chi connectivity index (χ4v) is 4.51. The van der Waals surface area contributed by atoms with Gasteiger partial charge in [-0.3, -0.25) is 9.59 Å². The molecule has 3 atom stereocenters. The maximum Gasteiger partial charge on any atom is 0.319 e. The summed E-state index contributed by atoms with van der Waals surface area (Å²) in [6.45, 7) is 3.91. The number of anilines is 2. The molecule has 0 unspecified atom stereocenters. The minimum absolute atomic E-state index is 0.0249. The molecule has 1 fully saturated rings. The van der Waals surface area contributed by atoms with Crippen LogP contribution in [0.15, 0.2) is 42.5 Å². The Morgan fingerprint density at radius 1 is 1.14 bits per heavy atom. The third kappa shape index (κ3) is 5.93. The molecule has 0 aliphatic carbocycles. The maximum atomic E-state index is 13.8. The minimum Gasteiger partial charge on any atom is -0.490 e. The molecule has 2 aromatic carbocycles. The molecular formula is C26H31FN4O5. The van der Waals surface area contributed by atoms with Gasteiger partial charge < -0.3 is 30.3 Å². The van der Waals surface area contributed by atoms with Gasteiger partial charge in [0.15, 0.2) is 0 Å². The van der Waals surface area contributed by atoms with Crippen LogP contribution >= 0.6 is 0 Å². The van der Waals surface area contributed by atoms with E-state index in [2.05, 4.69) is 16.0 Å². The number of ether oxygens (including phenoxy) is 2. The first-order valence-electron chi connectivity index (χ1n) is 12.0. The number of likely N-dealkylation sites (N-methyl/N-ethyl adjacent to an activating group) is 1. The Morgan fingerprint density at radius 3 is 2.67 bits per heavy atom. The molecule has 0 aromatic heterocycles. The van der Waals surface area contributed by atoms with Crippen LogP contribution in [0, 0.1) is 5.82 Å². The van der Waals surface area contributed by atoms with Gasteiger partial charge in [-0.25, -0.2) is 9.18 Å². The van der Waals surface area contributed by atoms with Crippen molar-refractivity contribution in [3.63, 3.8) is 0 Å². The van der Waals surface area contributed by atoms with Crippen molar-refractivity contribution in [1.29, 1.82) is 0 Å². The lowest BCUT2D eigenvalue weighted by Gasteiger charge is -2.42. The molecule has 10 heteroatoms. The molecule has 1 saturated heterocycles. The molecule has 0 spiro atoms. The SMILES string of the molecule is CC(C)NC(=O)Nc1ccc2c(c1)C(=O)N(C)[C@H]1CC[C@H](CC(=O)Nc3ccccc3F)O[C@@H]1CO2. The van der Waals surface area contributed by atoms with Crippen LogP contribution in [-0.4, -0.2) is 60.7 Å². The van der Waals surface area contributed by atoms with Crippen LogP contribution in [0.3, 0.4) is 0 Å². The van der Waals surface area contributed by atoms with E-state index in [1.165, 1.54) is 12.1 Å². The predicted molar refractivity (Wildman–Crippen MR) is 133 cm³/mol. The lowest BCUT2D eigenvalue weighted by atomic mass is 9.94. The van der Waals surface area contributed by atoms with E-state index in [0.29, 0.717) is 29.8 Å². The molecule has 0 radical (unpaired) electrons. The zero-order chi connectivity index (χ0) is 25.8. The van der Waals surface area contributed by atoms with Crippen LogP contribution in [0.2, 0.25) is 0 Å². The van der Waals surface area contributed by atoms with Crippen LogP contribution in [0.5, 0.6) is 5.75 Å². The zero-order valence-electron chi connectivity index (χ0n) is 20.5. The van der Waals surface area contributed by atoms with Crippen molar-refractivity contribution < 1.29 is 28.2 Å². The highest BCUT2D eigenvalue weighted by Gasteiger charge is 2.39. The fraction of sp³-hybridized carbons (Fsp3) is 0.423. The van der Waals surface area contributed by atoms with Gasteiger partial charge >= 0.3 is 6.03 Å². The van der Waals surface area contributed by atoms with Crippen LogP contribution in [0.4, 0.5) is 20.6 Å². The number of nitrogens with one attached hydrogen (secondary N) is 3. The summed E-state index contributed by atoms with van der Waals surface area (Å²) in [5.41, 5.74) is 0.961. The van der Waals surface area contributed by atoms with Gasteiger partial charge in [0.25, 0.3) is 5.91 Å². The minimum atomic E-state index is -0.499. The second-order valence-corrected chi connectivity index (χ2v) is 9.36. The molecule has 2 aliphatic heterocycles. The number of urea groups is 1. The van der Waals surface area contributed by atoms with Gasteiger partial charge in [0.05, 0.1) is 29.8 Å². The summed E-state index contributed by atoms with van der Waals surface area (Å²) in [5, 5.41) is 8.06. The van der Waals surface area contributed by atoms with Gasteiger partial charge in [-0.15, -0.1) is 0 Å². The molecule has 2 aromatic rings. The van der Waals surface area contributed by atoms with Crippen molar-refractivity contribution in [1.82, 2.24) is 10.2 Å². The average Bonchev–Trinajstić information content (AvgIpc) is 2.82. The van der Waals surface area contributed by atoms with Gasteiger partial charge in [-0.2, -0.15) is 0 Å². The highest BCUT2D eigenvalue weighted by Crippen LogP contribution is 2.32. The van der Waals surface area contributed by atoms with E-state index < -0.39 is 11.9 Å². The number of nitrogens with zero attached hydrogens (tertiary/aromatic N) is 1. The van der Waals surface area contributed by atoms with Crippen LogP contribution in [0.25, 0.3) is 0 Å². The van der Waals surface area contributed by atoms with E-state index in [-0.39, 0.29) is 54.7 Å². The Morgan fingerprint density at radius 2 is 1.92 bits per heavy atom. The number of hydrogen-bond donors (Lipinski definition) is 3. The summed E-state index contributed by atoms with van der Waals surface area (Å²) in [5.74, 6) is -0.691. The number of fused-ring (bicyclic) bond motifs is 2. The van der Waals surface area contributed by atoms with E-state index in [1.54, 1.807) is 42.3 Å². The quantitative estimate of drug-likeness (QED) is 0.582. The van der Waals surface area contributed by atoms with Crippen LogP contribution in [-0.2, 0) is 9.53 Å². The highest BCUT2D eigenvalue weighted by atomic mass is 19.1. The smallest absolute Gasteiger partial charge is 0.319 e. The van der Waals surface area contributed by atoms with Crippen LogP contribution in [0.1, 0.15) is 43.5 Å². The summed E-state index contributed by atoms with van der Waals surface area (Å²) in [4.78, 5) is 39.5. The highest BCUT2D eigenvalue weighted by molar-refractivity contribution is 5.99. The number of halogens is 1. The average molecular weight is 499 g/mol. The molecule has 0 saturated carbocycles. The van der Waals surface area contributed by atoms with Crippen molar-refractivity contribution >= 4 is 29.2 Å². The largest absolute Gasteiger partial charge is 0.490 e. The molecule has 192 valence electrons. The fourth-order valence-electron chi connectivity index (χ4n) is 4.51. The number of rotatable bonds is 5. The monoisotopic (exact) mass is 498 g/mol. The molecule has 36 heavy (non-hydrogen) atoms. The molecule has 4 rings (SSSR count). The van der Waals surface area contributed by atoms with Crippen molar-refractivity contribution in [2.75, 3.05) is 24.3 Å². The molecule has 0 bridgehead atoms. The number of benzene rings is 2. The zero-order valence-corrected chi connectivity index (χ0v) is 20.5. The number of amides is 4. The van der Waals surface area contributed by atoms with Gasteiger partial charge in [-0.1, -0.05) is 12.1 Å². The summed E-state index contributed by atoms with van der Waals surface area (Å²) in [7, 11) is 1.72. The first kappa shape index (κ1) is 25.4. The van der Waals surface area contributed by atoms with E-state index in [4.69, 9.17) is 9.47 Å². The van der Waals surface area contributed by atoms with Gasteiger partial charge in [0.1, 0.15) is 24.3 Å². The van der Waals surface area contributed by atoms with E-state index in [9.17, 15) is 18.8 Å². The third-order valence-electron chi connectivity index (χ3n) is 6.25. The molecule has 2 aliphatic rings. The molecule has 9 nitrogen and oxygen atoms in total. The van der Waals surface area contributed by atoms with Crippen molar-refractivity contribution in [2.24, 2.45) is 0 Å². The van der Waals surface area contributed by atoms with E-state index >= 15 is 0 Å². The Labute approximate surface area is 209 Å². The summed E-state index contributed by atoms with van der Waals surface area (Å²) >= 11 is 0. The van der Waals surface area contributed by atoms with Gasteiger partial charge in [-0.05, 0) is 57.0 Å². The first-order valence-corrected chi connectivity index (χ1v) is 12.0. The first-order chi connectivity index (χ1) is 17.2. The third-order valence-corrected chi connectivity index (χ3v) is 6.25. The van der Waals surface area contributed by atoms with Crippen molar-refractivity contribution in [3.05, 3.63) is 53.8 Å². The Kier molecular flexibility index (Phi) is 7.73. The molecular weight excluding hydrogens is 467 g/mol. The second-order valence-electron chi connectivity index (χ2n) is 9.36. The molecule has 3 N–H and O–H groups in total. The lowest BCUT2D eigenvalue weighted by Crippen LogP contribution is -2.53. The summed E-state index contributed by atoms with van der Waals surface area (Å²) in [6, 6.07) is 10.3. The summed E-state index contributed by atoms with van der Waals surface area (Å²) < 4.78 is 26.0. The summed E-state index contributed by atoms with van der Waals surface area (Å²) in [6.07, 6.45) is 0.446. The molecule has 2 heterocycles. The number of para-hydroxylation sites is 1. The Bertz CT molecular complexity index is 1140. The van der Waals surface area contributed by atoms with Crippen molar-refractivity contribution in [2.45, 2.75) is 57.4 Å². The Balaban J connectivity index is 1.42. The number of hydrogen-bond acceptors (Lipinski definition) is 5. The van der Waals surface area contributed by atoms with E-state index in [0.717, 1.165) is 0 Å². The second kappa shape index (κ2) is 10.9. The maximum absolute atomic E-state index is 13.8. The lowest BCUT2D eigenvalue weighted by molar-refractivity contribution is -0.130. The normalized spacial score (nSPS) is 21.4. The predicted octanol–water partition coefficient (Wildman–Crippen LogP) is 3.77. The standard InChI is InChI=1S/C26H31FN4O5/c1-15(2)28-26(34)29-16-8-11-22-18(12-16)25(33)31(3)21-10-9-17(36-23(21)14-35-22)13-24(32)30-20-7-5-4-6-19(20)27/h4-8,11-12,15,17,21,23H,9-10,13-14H2,1-3H3,(H,30,32)(H2,28,29,34)/t17-,21+,23-/m1/s1.